The van der Waals surface area contributed by atoms with Crippen molar-refractivity contribution in [3.05, 3.63) is 29.8 Å². The fourth-order valence-electron chi connectivity index (χ4n) is 1.06. The SMILES string of the molecule is CC(C)CNC(=S)Nc1cc(F)ccc1F. The second kappa shape index (κ2) is 5.75. The van der Waals surface area contributed by atoms with Crippen LogP contribution in [0, 0.1) is 17.6 Å². The Morgan fingerprint density at radius 2 is 2.06 bits per heavy atom. The molecule has 2 N–H and O–H groups in total. The summed E-state index contributed by atoms with van der Waals surface area (Å²) in [5, 5.41) is 5.81. The molecule has 1 aromatic rings. The average Bonchev–Trinajstić information content (AvgIpc) is 2.20. The third-order valence-corrected chi connectivity index (χ3v) is 2.09. The van der Waals surface area contributed by atoms with Gasteiger partial charge >= 0.3 is 0 Å². The van der Waals surface area contributed by atoms with Gasteiger partial charge in [0.1, 0.15) is 11.6 Å². The van der Waals surface area contributed by atoms with Crippen molar-refractivity contribution >= 4 is 23.0 Å². The smallest absolute Gasteiger partial charge is 0.170 e. The van der Waals surface area contributed by atoms with Gasteiger partial charge in [-0.05, 0) is 30.3 Å². The molecule has 0 atom stereocenters. The average molecular weight is 244 g/mol. The van der Waals surface area contributed by atoms with Crippen LogP contribution < -0.4 is 10.6 Å². The van der Waals surface area contributed by atoms with E-state index in [1.54, 1.807) is 0 Å². The van der Waals surface area contributed by atoms with E-state index in [1.165, 1.54) is 0 Å². The molecule has 5 heteroatoms. The molecular formula is C11H14F2N2S. The lowest BCUT2D eigenvalue weighted by atomic mass is 10.2. The van der Waals surface area contributed by atoms with Gasteiger partial charge < -0.3 is 10.6 Å². The first-order chi connectivity index (χ1) is 7.49. The summed E-state index contributed by atoms with van der Waals surface area (Å²) >= 11 is 4.95. The minimum atomic E-state index is -0.532. The van der Waals surface area contributed by atoms with Gasteiger partial charge in [0.05, 0.1) is 5.69 Å². The second-order valence-corrected chi connectivity index (χ2v) is 4.26. The van der Waals surface area contributed by atoms with Gasteiger partial charge in [0.15, 0.2) is 5.11 Å². The Kier molecular flexibility index (Phi) is 4.61. The zero-order valence-corrected chi connectivity index (χ0v) is 10.00. The molecule has 0 spiro atoms. The number of nitrogens with one attached hydrogen (secondary N) is 2. The molecule has 16 heavy (non-hydrogen) atoms. The Hall–Kier alpha value is -1.23. The summed E-state index contributed by atoms with van der Waals surface area (Å²) in [5.74, 6) is -0.609. The molecule has 88 valence electrons. The van der Waals surface area contributed by atoms with Crippen LogP contribution in [0.2, 0.25) is 0 Å². The summed E-state index contributed by atoms with van der Waals surface area (Å²) in [6.45, 7) is 4.74. The van der Waals surface area contributed by atoms with Crippen LogP contribution in [0.15, 0.2) is 18.2 Å². The molecule has 0 bridgehead atoms. The lowest BCUT2D eigenvalue weighted by Crippen LogP contribution is -2.31. The van der Waals surface area contributed by atoms with Gasteiger partial charge in [0, 0.05) is 12.6 Å². The molecule has 2 nitrogen and oxygen atoms in total. The number of rotatable bonds is 3. The zero-order valence-electron chi connectivity index (χ0n) is 9.18. The third-order valence-electron chi connectivity index (χ3n) is 1.85. The molecule has 0 amide bonds. The van der Waals surface area contributed by atoms with Crippen molar-refractivity contribution in [1.29, 1.82) is 0 Å². The topological polar surface area (TPSA) is 24.1 Å². The van der Waals surface area contributed by atoms with E-state index in [0.29, 0.717) is 17.6 Å². The second-order valence-electron chi connectivity index (χ2n) is 3.85. The highest BCUT2D eigenvalue weighted by Crippen LogP contribution is 2.14. The Morgan fingerprint density at radius 1 is 1.38 bits per heavy atom. The van der Waals surface area contributed by atoms with Gasteiger partial charge in [-0.2, -0.15) is 0 Å². The van der Waals surface area contributed by atoms with Crippen molar-refractivity contribution in [2.75, 3.05) is 11.9 Å². The highest BCUT2D eigenvalue weighted by molar-refractivity contribution is 7.80. The van der Waals surface area contributed by atoms with E-state index in [0.717, 1.165) is 18.2 Å². The standard InChI is InChI=1S/C11H14F2N2S/c1-7(2)6-14-11(16)15-10-5-8(12)3-4-9(10)13/h3-5,7H,6H2,1-2H3,(H2,14,15,16). The van der Waals surface area contributed by atoms with Gasteiger partial charge in [-0.1, -0.05) is 13.8 Å². The van der Waals surface area contributed by atoms with Crippen LogP contribution >= 0.6 is 12.2 Å². The third kappa shape index (κ3) is 4.10. The number of hydrogen-bond donors (Lipinski definition) is 2. The molecule has 1 rings (SSSR count). The molecule has 0 heterocycles. The van der Waals surface area contributed by atoms with Crippen molar-refractivity contribution < 1.29 is 8.78 Å². The van der Waals surface area contributed by atoms with E-state index in [4.69, 9.17) is 12.2 Å². The summed E-state index contributed by atoms with van der Waals surface area (Å²) < 4.78 is 26.1. The van der Waals surface area contributed by atoms with Gasteiger partial charge in [-0.15, -0.1) is 0 Å². The summed E-state index contributed by atoms with van der Waals surface area (Å²) in [7, 11) is 0. The van der Waals surface area contributed by atoms with E-state index in [2.05, 4.69) is 10.6 Å². The normalized spacial score (nSPS) is 10.3. The molecule has 0 saturated heterocycles. The Morgan fingerprint density at radius 3 is 2.69 bits per heavy atom. The quantitative estimate of drug-likeness (QED) is 0.799. The van der Waals surface area contributed by atoms with E-state index in [9.17, 15) is 8.78 Å². The van der Waals surface area contributed by atoms with E-state index in [-0.39, 0.29) is 5.69 Å². The number of thiocarbonyl (C=S) groups is 1. The van der Waals surface area contributed by atoms with Crippen LogP contribution in [0.1, 0.15) is 13.8 Å². The predicted molar refractivity (Wildman–Crippen MR) is 65.4 cm³/mol. The zero-order chi connectivity index (χ0) is 12.1. The molecule has 0 fully saturated rings. The molecule has 0 aliphatic heterocycles. The first-order valence-corrected chi connectivity index (χ1v) is 5.39. The fraction of sp³-hybridized carbons (Fsp3) is 0.364. The molecule has 0 saturated carbocycles. The number of benzene rings is 1. The lowest BCUT2D eigenvalue weighted by Gasteiger charge is -2.12. The maximum Gasteiger partial charge on any atom is 0.170 e. The molecule has 0 radical (unpaired) electrons. The van der Waals surface area contributed by atoms with Gasteiger partial charge in [-0.25, -0.2) is 8.78 Å². The van der Waals surface area contributed by atoms with E-state index in [1.807, 2.05) is 13.8 Å². The van der Waals surface area contributed by atoms with Crippen LogP contribution in [0.3, 0.4) is 0 Å². The van der Waals surface area contributed by atoms with Gasteiger partial charge in [0.25, 0.3) is 0 Å². The van der Waals surface area contributed by atoms with Crippen molar-refractivity contribution in [2.24, 2.45) is 5.92 Å². The van der Waals surface area contributed by atoms with Crippen molar-refractivity contribution in [2.45, 2.75) is 13.8 Å². The van der Waals surface area contributed by atoms with Crippen molar-refractivity contribution in [3.63, 3.8) is 0 Å². The van der Waals surface area contributed by atoms with Gasteiger partial charge in [0.2, 0.25) is 0 Å². The number of halogens is 2. The molecule has 1 aromatic carbocycles. The first-order valence-electron chi connectivity index (χ1n) is 4.99. The molecule has 0 aromatic heterocycles. The Balaban J connectivity index is 2.59. The number of hydrogen-bond acceptors (Lipinski definition) is 1. The predicted octanol–water partition coefficient (Wildman–Crippen LogP) is 2.91. The highest BCUT2D eigenvalue weighted by atomic mass is 32.1. The molecular weight excluding hydrogens is 230 g/mol. The highest BCUT2D eigenvalue weighted by Gasteiger charge is 2.05. The van der Waals surface area contributed by atoms with Crippen LogP contribution in [0.25, 0.3) is 0 Å². The maximum atomic E-state index is 13.2. The van der Waals surface area contributed by atoms with Crippen molar-refractivity contribution in [3.8, 4) is 0 Å². The van der Waals surface area contributed by atoms with E-state index >= 15 is 0 Å². The molecule has 0 unspecified atom stereocenters. The summed E-state index contributed by atoms with van der Waals surface area (Å²) in [4.78, 5) is 0. The minimum absolute atomic E-state index is 0.0428. The molecule has 0 aliphatic rings. The molecule has 0 aliphatic carbocycles. The minimum Gasteiger partial charge on any atom is -0.362 e. The number of anilines is 1. The lowest BCUT2D eigenvalue weighted by molar-refractivity contribution is 0.603. The first kappa shape index (κ1) is 12.8. The monoisotopic (exact) mass is 244 g/mol. The summed E-state index contributed by atoms with van der Waals surface area (Å²) in [5.41, 5.74) is 0.0428. The maximum absolute atomic E-state index is 13.2. The van der Waals surface area contributed by atoms with Crippen molar-refractivity contribution in [1.82, 2.24) is 5.32 Å². The van der Waals surface area contributed by atoms with Crippen LogP contribution in [-0.4, -0.2) is 11.7 Å². The van der Waals surface area contributed by atoms with E-state index < -0.39 is 11.6 Å². The van der Waals surface area contributed by atoms with Crippen LogP contribution in [-0.2, 0) is 0 Å². The Bertz CT molecular complexity index is 380. The van der Waals surface area contributed by atoms with Crippen LogP contribution in [0.4, 0.5) is 14.5 Å². The Labute approximate surface area is 99.0 Å². The van der Waals surface area contributed by atoms with Gasteiger partial charge in [-0.3, -0.25) is 0 Å². The largest absolute Gasteiger partial charge is 0.362 e. The fourth-order valence-corrected chi connectivity index (χ4v) is 1.25. The summed E-state index contributed by atoms with van der Waals surface area (Å²) in [6, 6.07) is 3.19. The summed E-state index contributed by atoms with van der Waals surface area (Å²) in [6.07, 6.45) is 0. The van der Waals surface area contributed by atoms with Crippen LogP contribution in [0.5, 0.6) is 0 Å².